The van der Waals surface area contributed by atoms with E-state index in [4.69, 9.17) is 11.6 Å². The van der Waals surface area contributed by atoms with Crippen LogP contribution in [0, 0.1) is 0 Å². The fourth-order valence-electron chi connectivity index (χ4n) is 4.21. The Bertz CT molecular complexity index is 1030. The third-order valence-electron chi connectivity index (χ3n) is 6.09. The van der Waals surface area contributed by atoms with Crippen LogP contribution in [-0.4, -0.2) is 75.9 Å². The molecule has 0 aliphatic carbocycles. The van der Waals surface area contributed by atoms with Crippen LogP contribution in [-0.2, 0) is 10.0 Å². The molecule has 2 aromatic rings. The number of para-hydroxylation sites is 1. The minimum absolute atomic E-state index is 0.117. The predicted octanol–water partition coefficient (Wildman–Crippen LogP) is 2.68. The van der Waals surface area contributed by atoms with Crippen molar-refractivity contribution in [1.29, 1.82) is 0 Å². The Labute approximate surface area is 195 Å². The monoisotopic (exact) mass is 476 g/mol. The van der Waals surface area contributed by atoms with Crippen LogP contribution < -0.4 is 10.2 Å². The molecular weight excluding hydrogens is 448 g/mol. The molecule has 0 unspecified atom stereocenters. The zero-order chi connectivity index (χ0) is 22.6. The van der Waals surface area contributed by atoms with Crippen molar-refractivity contribution in [3.05, 3.63) is 59.1 Å². The summed E-state index contributed by atoms with van der Waals surface area (Å²) in [5.41, 5.74) is 1.43. The van der Waals surface area contributed by atoms with Gasteiger partial charge in [-0.25, -0.2) is 8.42 Å². The van der Waals surface area contributed by atoms with E-state index in [2.05, 4.69) is 27.2 Å². The fourth-order valence-corrected chi connectivity index (χ4v) is 5.95. The number of hydrogen-bond acceptors (Lipinski definition) is 5. The average Bonchev–Trinajstić information content (AvgIpc) is 3.36. The molecule has 1 amide bonds. The summed E-state index contributed by atoms with van der Waals surface area (Å²) in [6.45, 7) is 5.99. The maximum atomic E-state index is 12.8. The van der Waals surface area contributed by atoms with Crippen molar-refractivity contribution >= 4 is 33.2 Å². The first-order valence-corrected chi connectivity index (χ1v) is 12.9. The number of amides is 1. The van der Waals surface area contributed by atoms with E-state index < -0.39 is 10.0 Å². The van der Waals surface area contributed by atoms with Gasteiger partial charge in [-0.05, 0) is 43.2 Å². The highest BCUT2D eigenvalue weighted by Crippen LogP contribution is 2.25. The van der Waals surface area contributed by atoms with Crippen LogP contribution in [0.5, 0.6) is 0 Å². The van der Waals surface area contributed by atoms with Crippen molar-refractivity contribution in [3.8, 4) is 0 Å². The number of halogens is 1. The lowest BCUT2D eigenvalue weighted by Crippen LogP contribution is -2.48. The van der Waals surface area contributed by atoms with Gasteiger partial charge in [0.2, 0.25) is 10.0 Å². The van der Waals surface area contributed by atoms with Gasteiger partial charge in [0.25, 0.3) is 5.91 Å². The SMILES string of the molecule is O=C(NCCN1CCN(c2ccccc2)CC1)c1cc(S(=O)(=O)N2CCCC2)ccc1Cl. The summed E-state index contributed by atoms with van der Waals surface area (Å²) < 4.78 is 27.1. The van der Waals surface area contributed by atoms with Crippen LogP contribution in [0.3, 0.4) is 0 Å². The van der Waals surface area contributed by atoms with Gasteiger partial charge < -0.3 is 10.2 Å². The highest BCUT2D eigenvalue weighted by molar-refractivity contribution is 7.89. The molecule has 2 aromatic carbocycles. The molecule has 7 nitrogen and oxygen atoms in total. The van der Waals surface area contributed by atoms with E-state index in [1.165, 1.54) is 28.2 Å². The molecule has 0 aromatic heterocycles. The molecule has 4 rings (SSSR count). The smallest absolute Gasteiger partial charge is 0.252 e. The minimum Gasteiger partial charge on any atom is -0.369 e. The molecule has 32 heavy (non-hydrogen) atoms. The van der Waals surface area contributed by atoms with Gasteiger partial charge in [0, 0.05) is 58.0 Å². The first-order valence-electron chi connectivity index (χ1n) is 11.1. The Morgan fingerprint density at radius 2 is 1.62 bits per heavy atom. The molecule has 0 radical (unpaired) electrons. The van der Waals surface area contributed by atoms with Crippen LogP contribution in [0.2, 0.25) is 5.02 Å². The second-order valence-corrected chi connectivity index (χ2v) is 10.5. The van der Waals surface area contributed by atoms with Gasteiger partial charge in [-0.3, -0.25) is 9.69 Å². The van der Waals surface area contributed by atoms with Crippen LogP contribution in [0.15, 0.2) is 53.4 Å². The molecule has 2 fully saturated rings. The average molecular weight is 477 g/mol. The molecule has 2 saturated heterocycles. The number of rotatable bonds is 7. The number of carbonyl (C=O) groups excluding carboxylic acids is 1. The van der Waals surface area contributed by atoms with Crippen LogP contribution in [0.4, 0.5) is 5.69 Å². The molecule has 2 aliphatic rings. The topological polar surface area (TPSA) is 73.0 Å². The Balaban J connectivity index is 1.30. The normalized spacial score (nSPS) is 18.1. The van der Waals surface area contributed by atoms with Gasteiger partial charge in [0.15, 0.2) is 0 Å². The fraction of sp³-hybridized carbons (Fsp3) is 0.435. The maximum Gasteiger partial charge on any atom is 0.252 e. The largest absolute Gasteiger partial charge is 0.369 e. The van der Waals surface area contributed by atoms with Gasteiger partial charge in [0.05, 0.1) is 15.5 Å². The Hall–Kier alpha value is -2.13. The lowest BCUT2D eigenvalue weighted by molar-refractivity contribution is 0.0947. The molecule has 172 valence electrons. The number of hydrogen-bond donors (Lipinski definition) is 1. The number of sulfonamides is 1. The number of nitrogens with one attached hydrogen (secondary N) is 1. The summed E-state index contributed by atoms with van der Waals surface area (Å²) in [5, 5.41) is 3.14. The number of nitrogens with zero attached hydrogens (tertiary/aromatic N) is 3. The summed E-state index contributed by atoms with van der Waals surface area (Å²) in [5.74, 6) is -0.351. The van der Waals surface area contributed by atoms with Crippen molar-refractivity contribution in [1.82, 2.24) is 14.5 Å². The summed E-state index contributed by atoms with van der Waals surface area (Å²) >= 11 is 6.22. The summed E-state index contributed by atoms with van der Waals surface area (Å²) in [6, 6.07) is 14.7. The van der Waals surface area contributed by atoms with E-state index in [1.807, 2.05) is 18.2 Å². The quantitative estimate of drug-likeness (QED) is 0.665. The third kappa shape index (κ3) is 5.26. The molecule has 1 N–H and O–H groups in total. The standard InChI is InChI=1S/C23H29ClN4O3S/c24-22-9-8-20(32(30,31)28-11-4-5-12-28)18-21(22)23(29)25-10-13-26-14-16-27(17-15-26)19-6-2-1-3-7-19/h1-3,6-9,18H,4-5,10-17H2,(H,25,29). The number of piperazine rings is 1. The van der Waals surface area contributed by atoms with Crippen molar-refractivity contribution in [2.75, 3.05) is 57.3 Å². The summed E-state index contributed by atoms with van der Waals surface area (Å²) in [4.78, 5) is 17.5. The Morgan fingerprint density at radius 3 is 2.31 bits per heavy atom. The molecule has 9 heteroatoms. The van der Waals surface area contributed by atoms with Crippen molar-refractivity contribution < 1.29 is 13.2 Å². The Kier molecular flexibility index (Phi) is 7.35. The second kappa shape index (κ2) is 10.2. The first kappa shape index (κ1) is 23.0. The number of benzene rings is 2. The van der Waals surface area contributed by atoms with Crippen LogP contribution >= 0.6 is 11.6 Å². The zero-order valence-corrected chi connectivity index (χ0v) is 19.6. The molecule has 0 bridgehead atoms. The molecule has 2 aliphatic heterocycles. The van der Waals surface area contributed by atoms with Crippen molar-refractivity contribution in [3.63, 3.8) is 0 Å². The molecular formula is C23H29ClN4O3S. The second-order valence-electron chi connectivity index (χ2n) is 8.17. The van der Waals surface area contributed by atoms with Gasteiger partial charge in [-0.15, -0.1) is 0 Å². The first-order chi connectivity index (χ1) is 15.4. The number of anilines is 1. The van der Waals surface area contributed by atoms with E-state index in [0.29, 0.717) is 19.6 Å². The van der Waals surface area contributed by atoms with Crippen LogP contribution in [0.25, 0.3) is 0 Å². The summed E-state index contributed by atoms with van der Waals surface area (Å²) in [7, 11) is -3.60. The molecule has 0 atom stereocenters. The van der Waals surface area contributed by atoms with Gasteiger partial charge in [-0.2, -0.15) is 4.31 Å². The van der Waals surface area contributed by atoms with E-state index >= 15 is 0 Å². The van der Waals surface area contributed by atoms with Gasteiger partial charge >= 0.3 is 0 Å². The third-order valence-corrected chi connectivity index (χ3v) is 8.32. The van der Waals surface area contributed by atoms with Gasteiger partial charge in [-0.1, -0.05) is 29.8 Å². The molecule has 2 heterocycles. The zero-order valence-electron chi connectivity index (χ0n) is 18.0. The van der Waals surface area contributed by atoms with Crippen molar-refractivity contribution in [2.24, 2.45) is 0 Å². The minimum atomic E-state index is -3.60. The molecule has 0 spiro atoms. The Morgan fingerprint density at radius 1 is 0.938 bits per heavy atom. The van der Waals surface area contributed by atoms with Gasteiger partial charge in [0.1, 0.15) is 0 Å². The molecule has 0 saturated carbocycles. The number of carbonyl (C=O) groups is 1. The lowest BCUT2D eigenvalue weighted by Gasteiger charge is -2.36. The highest BCUT2D eigenvalue weighted by atomic mass is 35.5. The highest BCUT2D eigenvalue weighted by Gasteiger charge is 2.28. The summed E-state index contributed by atoms with van der Waals surface area (Å²) in [6.07, 6.45) is 1.72. The van der Waals surface area contributed by atoms with E-state index in [-0.39, 0.29) is 21.4 Å². The van der Waals surface area contributed by atoms with Crippen molar-refractivity contribution in [2.45, 2.75) is 17.7 Å². The van der Waals surface area contributed by atoms with E-state index in [0.717, 1.165) is 45.6 Å². The maximum absolute atomic E-state index is 12.8. The van der Waals surface area contributed by atoms with E-state index in [9.17, 15) is 13.2 Å². The van der Waals surface area contributed by atoms with E-state index in [1.54, 1.807) is 0 Å². The van der Waals surface area contributed by atoms with Crippen LogP contribution in [0.1, 0.15) is 23.2 Å². The predicted molar refractivity (Wildman–Crippen MR) is 127 cm³/mol. The lowest BCUT2D eigenvalue weighted by atomic mass is 10.2.